The van der Waals surface area contributed by atoms with Crippen LogP contribution in [-0.2, 0) is 4.79 Å². The Labute approximate surface area is 135 Å². The Morgan fingerprint density at radius 1 is 1.24 bits per heavy atom. The minimum atomic E-state index is -0.0512. The molecule has 1 amide bonds. The molecule has 7 heteroatoms. The van der Waals surface area contributed by atoms with Crippen LogP contribution in [0.2, 0.25) is 0 Å². The minimum Gasteiger partial charge on any atom is -0.345 e. The summed E-state index contributed by atoms with van der Waals surface area (Å²) in [5.74, 6) is 0.874. The summed E-state index contributed by atoms with van der Waals surface area (Å²) < 4.78 is 0. The summed E-state index contributed by atoms with van der Waals surface area (Å²) in [6.07, 6.45) is 5.49. The van der Waals surface area contributed by atoms with Gasteiger partial charge in [0.1, 0.15) is 5.82 Å². The highest BCUT2D eigenvalue weighted by atomic mass is 35.5. The van der Waals surface area contributed by atoms with Gasteiger partial charge < -0.3 is 15.6 Å². The number of halogens is 2. The van der Waals surface area contributed by atoms with E-state index in [9.17, 15) is 4.79 Å². The van der Waals surface area contributed by atoms with Crippen LogP contribution >= 0.6 is 24.8 Å². The van der Waals surface area contributed by atoms with Crippen molar-refractivity contribution in [1.29, 1.82) is 0 Å². The van der Waals surface area contributed by atoms with Gasteiger partial charge in [0.05, 0.1) is 6.04 Å². The number of hydrogen-bond acceptors (Lipinski definition) is 3. The highest BCUT2D eigenvalue weighted by molar-refractivity contribution is 5.95. The standard InChI is InChI=1S/C14H16N4O.2ClH/c19-14(12-2-1-7-15-12)18-11-5-3-10(4-6-11)13-16-8-9-17-13;;/h3-6,8-9,12,15H,1-2,7H2,(H,16,17)(H,18,19);2*1H/t12-;;/m0../s1. The van der Waals surface area contributed by atoms with Crippen LogP contribution in [0.25, 0.3) is 11.4 Å². The molecule has 1 aliphatic rings. The van der Waals surface area contributed by atoms with Gasteiger partial charge in [0, 0.05) is 23.6 Å². The molecule has 1 fully saturated rings. The number of H-pyrrole nitrogens is 1. The molecule has 2 aromatic rings. The fraction of sp³-hybridized carbons (Fsp3) is 0.286. The number of aromatic amines is 1. The molecule has 5 nitrogen and oxygen atoms in total. The lowest BCUT2D eigenvalue weighted by Gasteiger charge is -2.11. The molecule has 1 atom stereocenters. The molecule has 0 radical (unpaired) electrons. The number of carbonyl (C=O) groups is 1. The number of rotatable bonds is 3. The highest BCUT2D eigenvalue weighted by Crippen LogP contribution is 2.18. The molecule has 2 heterocycles. The lowest BCUT2D eigenvalue weighted by Crippen LogP contribution is -2.35. The van der Waals surface area contributed by atoms with Crippen LogP contribution in [0.15, 0.2) is 36.7 Å². The van der Waals surface area contributed by atoms with Crippen molar-refractivity contribution in [3.8, 4) is 11.4 Å². The maximum Gasteiger partial charge on any atom is 0.241 e. The van der Waals surface area contributed by atoms with E-state index >= 15 is 0 Å². The van der Waals surface area contributed by atoms with Gasteiger partial charge in [0.15, 0.2) is 0 Å². The third-order valence-electron chi connectivity index (χ3n) is 3.30. The maximum atomic E-state index is 11.9. The summed E-state index contributed by atoms with van der Waals surface area (Å²) in [4.78, 5) is 19.2. The quantitative estimate of drug-likeness (QED) is 0.811. The van der Waals surface area contributed by atoms with Crippen LogP contribution in [0, 0.1) is 0 Å². The highest BCUT2D eigenvalue weighted by Gasteiger charge is 2.21. The van der Waals surface area contributed by atoms with E-state index < -0.39 is 0 Å². The number of nitrogens with one attached hydrogen (secondary N) is 3. The Morgan fingerprint density at radius 3 is 2.57 bits per heavy atom. The van der Waals surface area contributed by atoms with Gasteiger partial charge in [-0.1, -0.05) is 0 Å². The molecule has 0 bridgehead atoms. The number of benzene rings is 1. The molecule has 1 saturated heterocycles. The van der Waals surface area contributed by atoms with Crippen molar-refractivity contribution in [2.45, 2.75) is 18.9 Å². The minimum absolute atomic E-state index is 0. The number of aromatic nitrogens is 2. The Bertz CT molecular complexity index is 551. The van der Waals surface area contributed by atoms with Gasteiger partial charge in [0.2, 0.25) is 5.91 Å². The molecule has 114 valence electrons. The first-order chi connectivity index (χ1) is 9.33. The van der Waals surface area contributed by atoms with Crippen LogP contribution in [0.5, 0.6) is 0 Å². The van der Waals surface area contributed by atoms with E-state index in [2.05, 4.69) is 20.6 Å². The zero-order chi connectivity index (χ0) is 13.1. The van der Waals surface area contributed by atoms with Crippen LogP contribution in [0.4, 0.5) is 5.69 Å². The molecule has 0 saturated carbocycles. The van der Waals surface area contributed by atoms with Crippen molar-refractivity contribution in [3.05, 3.63) is 36.7 Å². The molecule has 0 aliphatic carbocycles. The molecular formula is C14H18Cl2N4O. The van der Waals surface area contributed by atoms with Crippen LogP contribution in [0.1, 0.15) is 12.8 Å². The predicted molar refractivity (Wildman–Crippen MR) is 88.2 cm³/mol. The zero-order valence-corrected chi connectivity index (χ0v) is 13.0. The number of hydrogen-bond donors (Lipinski definition) is 3. The summed E-state index contributed by atoms with van der Waals surface area (Å²) in [6, 6.07) is 7.62. The summed E-state index contributed by atoms with van der Waals surface area (Å²) in [6.45, 7) is 0.926. The van der Waals surface area contributed by atoms with E-state index in [1.54, 1.807) is 12.4 Å². The van der Waals surface area contributed by atoms with E-state index in [-0.39, 0.29) is 36.8 Å². The van der Waals surface area contributed by atoms with Gasteiger partial charge in [-0.2, -0.15) is 0 Å². The number of nitrogens with zero attached hydrogens (tertiary/aromatic N) is 1. The third kappa shape index (κ3) is 4.20. The largest absolute Gasteiger partial charge is 0.345 e. The van der Waals surface area contributed by atoms with Gasteiger partial charge in [-0.25, -0.2) is 4.98 Å². The van der Waals surface area contributed by atoms with Crippen molar-refractivity contribution < 1.29 is 4.79 Å². The Hall–Kier alpha value is -1.56. The molecule has 0 spiro atoms. The van der Waals surface area contributed by atoms with Crippen molar-refractivity contribution in [1.82, 2.24) is 15.3 Å². The Kier molecular flexibility index (Phi) is 6.68. The van der Waals surface area contributed by atoms with E-state index in [0.717, 1.165) is 36.5 Å². The monoisotopic (exact) mass is 328 g/mol. The fourth-order valence-corrected chi connectivity index (χ4v) is 2.27. The summed E-state index contributed by atoms with van der Waals surface area (Å²) in [5.41, 5.74) is 1.82. The second-order valence-corrected chi connectivity index (χ2v) is 4.65. The topological polar surface area (TPSA) is 69.8 Å². The SMILES string of the molecule is Cl.Cl.O=C(Nc1ccc(-c2ncc[nH]2)cc1)[C@@H]1CCCN1. The Morgan fingerprint density at radius 2 is 2.00 bits per heavy atom. The van der Waals surface area contributed by atoms with Gasteiger partial charge in [-0.3, -0.25) is 4.79 Å². The van der Waals surface area contributed by atoms with E-state index in [1.807, 2.05) is 24.3 Å². The van der Waals surface area contributed by atoms with Crippen molar-refractivity contribution in [2.24, 2.45) is 0 Å². The average Bonchev–Trinajstić information content (AvgIpc) is 3.13. The van der Waals surface area contributed by atoms with Crippen molar-refractivity contribution >= 4 is 36.4 Å². The predicted octanol–water partition coefficient (Wildman–Crippen LogP) is 2.61. The normalized spacial score (nSPS) is 16.7. The average molecular weight is 329 g/mol. The first-order valence-corrected chi connectivity index (χ1v) is 6.47. The Balaban J connectivity index is 0.00000110. The van der Waals surface area contributed by atoms with Crippen molar-refractivity contribution in [3.63, 3.8) is 0 Å². The molecule has 3 rings (SSSR count). The van der Waals surface area contributed by atoms with Gasteiger partial charge in [-0.05, 0) is 43.7 Å². The van der Waals surface area contributed by atoms with Crippen LogP contribution < -0.4 is 10.6 Å². The van der Waals surface area contributed by atoms with Gasteiger partial charge >= 0.3 is 0 Å². The number of amides is 1. The summed E-state index contributed by atoms with van der Waals surface area (Å²) in [7, 11) is 0. The smallest absolute Gasteiger partial charge is 0.241 e. The molecule has 1 aliphatic heterocycles. The molecule has 21 heavy (non-hydrogen) atoms. The third-order valence-corrected chi connectivity index (χ3v) is 3.30. The van der Waals surface area contributed by atoms with E-state index in [0.29, 0.717) is 0 Å². The first kappa shape index (κ1) is 17.5. The lowest BCUT2D eigenvalue weighted by molar-refractivity contribution is -0.117. The summed E-state index contributed by atoms with van der Waals surface area (Å²) in [5, 5.41) is 6.11. The first-order valence-electron chi connectivity index (χ1n) is 6.47. The maximum absolute atomic E-state index is 11.9. The molecule has 1 aromatic heterocycles. The van der Waals surface area contributed by atoms with E-state index in [1.165, 1.54) is 0 Å². The second-order valence-electron chi connectivity index (χ2n) is 4.65. The lowest BCUT2D eigenvalue weighted by atomic mass is 10.2. The van der Waals surface area contributed by atoms with Gasteiger partial charge in [0.25, 0.3) is 0 Å². The number of anilines is 1. The fourth-order valence-electron chi connectivity index (χ4n) is 2.27. The van der Waals surface area contributed by atoms with Crippen molar-refractivity contribution in [2.75, 3.05) is 11.9 Å². The molecule has 0 unspecified atom stereocenters. The summed E-state index contributed by atoms with van der Waals surface area (Å²) >= 11 is 0. The van der Waals surface area contributed by atoms with Crippen LogP contribution in [0.3, 0.4) is 0 Å². The zero-order valence-electron chi connectivity index (χ0n) is 11.3. The van der Waals surface area contributed by atoms with Gasteiger partial charge in [-0.15, -0.1) is 24.8 Å². The molecule has 1 aromatic carbocycles. The molecular weight excluding hydrogens is 311 g/mol. The number of imidazole rings is 1. The van der Waals surface area contributed by atoms with Crippen LogP contribution in [-0.4, -0.2) is 28.5 Å². The second kappa shape index (κ2) is 8.02. The number of carbonyl (C=O) groups excluding carboxylic acids is 1. The molecule has 3 N–H and O–H groups in total. The van der Waals surface area contributed by atoms with E-state index in [4.69, 9.17) is 0 Å².